The van der Waals surface area contributed by atoms with Crippen molar-refractivity contribution in [3.63, 3.8) is 0 Å². The summed E-state index contributed by atoms with van der Waals surface area (Å²) in [6, 6.07) is 7.68. The van der Waals surface area contributed by atoms with Gasteiger partial charge in [-0.25, -0.2) is 4.39 Å². The third kappa shape index (κ3) is 3.35. The molecule has 0 bridgehead atoms. The molecule has 0 atom stereocenters. The smallest absolute Gasteiger partial charge is 0.240 e. The molecule has 0 amide bonds. The fourth-order valence-electron chi connectivity index (χ4n) is 1.40. The first-order valence-electron chi connectivity index (χ1n) is 5.62. The molecule has 2 aromatic rings. The van der Waals surface area contributed by atoms with Crippen molar-refractivity contribution in [3.8, 4) is 17.5 Å². The van der Waals surface area contributed by atoms with Gasteiger partial charge in [-0.05, 0) is 41.1 Å². The number of rotatable bonds is 4. The number of halogens is 2. The van der Waals surface area contributed by atoms with Gasteiger partial charge in [0, 0.05) is 12.1 Å². The molecular weight excluding hydrogens is 315 g/mol. The first kappa shape index (κ1) is 13.6. The molecule has 0 fully saturated rings. The molecule has 6 heteroatoms. The number of nitrogen functional groups attached to an aromatic ring is 1. The average molecular weight is 327 g/mol. The Kier molecular flexibility index (Phi) is 4.21. The minimum atomic E-state index is -0.405. The number of nitrogens with zero attached hydrogens (tertiary/aromatic N) is 1. The number of pyridine rings is 1. The number of nitrogens with two attached hydrogens (primary N) is 1. The predicted octanol–water partition coefficient (Wildman–Crippen LogP) is 3.76. The lowest BCUT2D eigenvalue weighted by molar-refractivity contribution is 0.323. The van der Waals surface area contributed by atoms with E-state index in [0.717, 1.165) is 0 Å². The number of hydrogen-bond acceptors (Lipinski definition) is 4. The highest BCUT2D eigenvalue weighted by molar-refractivity contribution is 9.10. The number of aromatic nitrogens is 1. The molecule has 0 unspecified atom stereocenters. The molecule has 1 aromatic heterocycles. The Morgan fingerprint density at radius 1 is 1.32 bits per heavy atom. The summed E-state index contributed by atoms with van der Waals surface area (Å²) in [5.41, 5.74) is 6.13. The Labute approximate surface area is 118 Å². The lowest BCUT2D eigenvalue weighted by atomic mass is 10.3. The van der Waals surface area contributed by atoms with E-state index in [1.54, 1.807) is 24.3 Å². The largest absolute Gasteiger partial charge is 0.476 e. The number of ether oxygens (including phenoxy) is 2. The van der Waals surface area contributed by atoms with Gasteiger partial charge in [0.1, 0.15) is 11.6 Å². The van der Waals surface area contributed by atoms with Crippen LogP contribution in [0.4, 0.5) is 10.1 Å². The molecule has 4 nitrogen and oxygen atoms in total. The van der Waals surface area contributed by atoms with Gasteiger partial charge >= 0.3 is 0 Å². The van der Waals surface area contributed by atoms with Crippen LogP contribution in [0.5, 0.6) is 17.5 Å². The van der Waals surface area contributed by atoms with E-state index in [1.165, 1.54) is 6.07 Å². The van der Waals surface area contributed by atoms with E-state index in [1.807, 2.05) is 6.92 Å². The zero-order chi connectivity index (χ0) is 13.8. The van der Waals surface area contributed by atoms with Crippen molar-refractivity contribution in [2.45, 2.75) is 6.92 Å². The second-order valence-corrected chi connectivity index (χ2v) is 4.51. The summed E-state index contributed by atoms with van der Waals surface area (Å²) in [7, 11) is 0. The Morgan fingerprint density at radius 2 is 2.11 bits per heavy atom. The average Bonchev–Trinajstić information content (AvgIpc) is 2.38. The summed E-state index contributed by atoms with van der Waals surface area (Å²) in [6.07, 6.45) is 0. The number of anilines is 1. The van der Waals surface area contributed by atoms with E-state index in [0.29, 0.717) is 34.3 Å². The topological polar surface area (TPSA) is 57.4 Å². The molecule has 1 aromatic carbocycles. The van der Waals surface area contributed by atoms with Gasteiger partial charge < -0.3 is 15.2 Å². The molecule has 19 heavy (non-hydrogen) atoms. The second kappa shape index (κ2) is 5.88. The van der Waals surface area contributed by atoms with Gasteiger partial charge in [0.15, 0.2) is 0 Å². The molecule has 0 saturated carbocycles. The molecule has 0 aliphatic carbocycles. The van der Waals surface area contributed by atoms with Crippen LogP contribution in [0.2, 0.25) is 0 Å². The van der Waals surface area contributed by atoms with Gasteiger partial charge in [0.05, 0.1) is 16.8 Å². The highest BCUT2D eigenvalue weighted by Gasteiger charge is 2.07. The Balaban J connectivity index is 2.22. The molecule has 2 N–H and O–H groups in total. The Bertz CT molecular complexity index is 593. The third-order valence-electron chi connectivity index (χ3n) is 2.26. The van der Waals surface area contributed by atoms with Crippen molar-refractivity contribution in [2.24, 2.45) is 0 Å². The zero-order valence-electron chi connectivity index (χ0n) is 10.2. The van der Waals surface area contributed by atoms with E-state index in [-0.39, 0.29) is 0 Å². The lowest BCUT2D eigenvalue weighted by Crippen LogP contribution is -2.00. The summed E-state index contributed by atoms with van der Waals surface area (Å²) in [4.78, 5) is 4.11. The monoisotopic (exact) mass is 326 g/mol. The lowest BCUT2D eigenvalue weighted by Gasteiger charge is -2.09. The van der Waals surface area contributed by atoms with Gasteiger partial charge in [0.25, 0.3) is 0 Å². The van der Waals surface area contributed by atoms with Gasteiger partial charge in [-0.15, -0.1) is 0 Å². The molecule has 100 valence electrons. The van der Waals surface area contributed by atoms with Crippen molar-refractivity contribution in [2.75, 3.05) is 12.3 Å². The maximum Gasteiger partial charge on any atom is 0.240 e. The van der Waals surface area contributed by atoms with E-state index < -0.39 is 5.82 Å². The van der Waals surface area contributed by atoms with Crippen molar-refractivity contribution >= 4 is 21.6 Å². The van der Waals surface area contributed by atoms with Crippen LogP contribution in [0.3, 0.4) is 0 Å². The van der Waals surface area contributed by atoms with E-state index in [4.69, 9.17) is 15.2 Å². The van der Waals surface area contributed by atoms with Crippen molar-refractivity contribution in [1.29, 1.82) is 0 Å². The molecule has 0 spiro atoms. The predicted molar refractivity (Wildman–Crippen MR) is 74.0 cm³/mol. The van der Waals surface area contributed by atoms with Crippen molar-refractivity contribution < 1.29 is 13.9 Å². The SMILES string of the molecule is CCOc1nc(Oc2ccc(Br)c(F)c2)ccc1N. The van der Waals surface area contributed by atoms with Crippen LogP contribution < -0.4 is 15.2 Å². The number of hydrogen-bond donors (Lipinski definition) is 1. The molecule has 0 saturated heterocycles. The minimum Gasteiger partial charge on any atom is -0.476 e. The third-order valence-corrected chi connectivity index (χ3v) is 2.90. The van der Waals surface area contributed by atoms with Crippen LogP contribution in [0.1, 0.15) is 6.92 Å². The molecule has 0 aliphatic rings. The highest BCUT2D eigenvalue weighted by atomic mass is 79.9. The summed E-state index contributed by atoms with van der Waals surface area (Å²) in [6.45, 7) is 2.28. The van der Waals surface area contributed by atoms with Crippen LogP contribution in [-0.2, 0) is 0 Å². The summed E-state index contributed by atoms with van der Waals surface area (Å²) >= 11 is 3.07. The highest BCUT2D eigenvalue weighted by Crippen LogP contribution is 2.28. The van der Waals surface area contributed by atoms with Crippen LogP contribution in [0, 0.1) is 5.82 Å². The standard InChI is InChI=1S/C13H12BrFN2O2/c1-2-18-13-11(16)5-6-12(17-13)19-8-3-4-9(14)10(15)7-8/h3-7H,2,16H2,1H3. The van der Waals surface area contributed by atoms with Crippen molar-refractivity contribution in [1.82, 2.24) is 4.98 Å². The normalized spacial score (nSPS) is 10.3. The first-order valence-corrected chi connectivity index (χ1v) is 6.41. The van der Waals surface area contributed by atoms with Crippen LogP contribution in [-0.4, -0.2) is 11.6 Å². The summed E-state index contributed by atoms with van der Waals surface area (Å²) in [5, 5.41) is 0. The summed E-state index contributed by atoms with van der Waals surface area (Å²) < 4.78 is 24.4. The quantitative estimate of drug-likeness (QED) is 0.929. The maximum absolute atomic E-state index is 13.4. The molecule has 1 heterocycles. The van der Waals surface area contributed by atoms with E-state index in [2.05, 4.69) is 20.9 Å². The first-order chi connectivity index (χ1) is 9.10. The van der Waals surface area contributed by atoms with Crippen LogP contribution in [0.25, 0.3) is 0 Å². The van der Waals surface area contributed by atoms with E-state index >= 15 is 0 Å². The molecular formula is C13H12BrFN2O2. The van der Waals surface area contributed by atoms with E-state index in [9.17, 15) is 4.39 Å². The Hall–Kier alpha value is -1.82. The summed E-state index contributed by atoms with van der Waals surface area (Å²) in [5.74, 6) is 0.537. The maximum atomic E-state index is 13.4. The Morgan fingerprint density at radius 3 is 2.79 bits per heavy atom. The minimum absolute atomic E-state index is 0.291. The molecule has 0 aliphatic heterocycles. The van der Waals surface area contributed by atoms with Gasteiger partial charge in [-0.3, -0.25) is 0 Å². The van der Waals surface area contributed by atoms with Crippen molar-refractivity contribution in [3.05, 3.63) is 40.6 Å². The molecule has 2 rings (SSSR count). The second-order valence-electron chi connectivity index (χ2n) is 3.65. The van der Waals surface area contributed by atoms with Gasteiger partial charge in [-0.2, -0.15) is 4.98 Å². The fraction of sp³-hybridized carbons (Fsp3) is 0.154. The van der Waals surface area contributed by atoms with Gasteiger partial charge in [-0.1, -0.05) is 0 Å². The molecule has 0 radical (unpaired) electrons. The number of benzene rings is 1. The van der Waals surface area contributed by atoms with Gasteiger partial charge in [0.2, 0.25) is 11.8 Å². The van der Waals surface area contributed by atoms with Crippen LogP contribution >= 0.6 is 15.9 Å². The van der Waals surface area contributed by atoms with Crippen LogP contribution in [0.15, 0.2) is 34.8 Å². The fourth-order valence-corrected chi connectivity index (χ4v) is 1.65. The zero-order valence-corrected chi connectivity index (χ0v) is 11.8.